The Morgan fingerprint density at radius 2 is 2.04 bits per heavy atom. The SMILES string of the molecule is Cl.Cl.O=C(Nc1cccc(-c2ncc[nH]2)c1)C1CC12CCNCC2. The highest BCUT2D eigenvalue weighted by Gasteiger charge is 2.57. The van der Waals surface area contributed by atoms with Gasteiger partial charge in [0, 0.05) is 29.6 Å². The van der Waals surface area contributed by atoms with Gasteiger partial charge in [-0.1, -0.05) is 12.1 Å². The largest absolute Gasteiger partial charge is 0.345 e. The first-order valence-electron chi connectivity index (χ1n) is 7.88. The predicted octanol–water partition coefficient (Wildman–Crippen LogP) is 3.25. The Hall–Kier alpha value is -1.56. The number of anilines is 1. The summed E-state index contributed by atoms with van der Waals surface area (Å²) < 4.78 is 0. The fourth-order valence-electron chi connectivity index (χ4n) is 3.59. The van der Waals surface area contributed by atoms with Crippen LogP contribution in [-0.4, -0.2) is 29.0 Å². The van der Waals surface area contributed by atoms with Gasteiger partial charge in [0.1, 0.15) is 5.82 Å². The summed E-state index contributed by atoms with van der Waals surface area (Å²) in [6.07, 6.45) is 6.81. The highest BCUT2D eigenvalue weighted by Crippen LogP contribution is 2.58. The van der Waals surface area contributed by atoms with E-state index < -0.39 is 0 Å². The minimum Gasteiger partial charge on any atom is -0.345 e. The summed E-state index contributed by atoms with van der Waals surface area (Å²) in [5.41, 5.74) is 2.10. The highest BCUT2D eigenvalue weighted by atomic mass is 35.5. The van der Waals surface area contributed by atoms with Gasteiger partial charge in [0.05, 0.1) is 0 Å². The zero-order valence-corrected chi connectivity index (χ0v) is 14.9. The Labute approximate surface area is 153 Å². The topological polar surface area (TPSA) is 69.8 Å². The molecule has 24 heavy (non-hydrogen) atoms. The molecular weight excluding hydrogens is 347 g/mol. The lowest BCUT2D eigenvalue weighted by Crippen LogP contribution is -2.31. The maximum Gasteiger partial charge on any atom is 0.228 e. The van der Waals surface area contributed by atoms with E-state index in [1.165, 1.54) is 0 Å². The third-order valence-corrected chi connectivity index (χ3v) is 5.01. The molecule has 1 saturated carbocycles. The maximum atomic E-state index is 12.5. The van der Waals surface area contributed by atoms with Crippen LogP contribution < -0.4 is 10.6 Å². The van der Waals surface area contributed by atoms with Crippen molar-refractivity contribution in [2.45, 2.75) is 19.3 Å². The molecule has 4 rings (SSSR count). The fourth-order valence-corrected chi connectivity index (χ4v) is 3.59. The summed E-state index contributed by atoms with van der Waals surface area (Å²) in [4.78, 5) is 19.8. The number of carbonyl (C=O) groups is 1. The molecule has 1 aromatic heterocycles. The lowest BCUT2D eigenvalue weighted by molar-refractivity contribution is -0.118. The van der Waals surface area contributed by atoms with Crippen molar-refractivity contribution in [3.8, 4) is 11.4 Å². The molecule has 5 nitrogen and oxygen atoms in total. The molecule has 130 valence electrons. The lowest BCUT2D eigenvalue weighted by atomic mass is 9.92. The van der Waals surface area contributed by atoms with Gasteiger partial charge in [0.25, 0.3) is 0 Å². The average Bonchev–Trinajstić information content (AvgIpc) is 3.00. The Kier molecular flexibility index (Phi) is 5.91. The van der Waals surface area contributed by atoms with E-state index in [4.69, 9.17) is 0 Å². The molecule has 1 aliphatic carbocycles. The molecule has 7 heteroatoms. The molecule has 2 heterocycles. The van der Waals surface area contributed by atoms with E-state index >= 15 is 0 Å². The Balaban J connectivity index is 0.00000104. The summed E-state index contributed by atoms with van der Waals surface area (Å²) in [7, 11) is 0. The molecule has 1 amide bonds. The smallest absolute Gasteiger partial charge is 0.228 e. The number of piperidine rings is 1. The van der Waals surface area contributed by atoms with Gasteiger partial charge in [-0.15, -0.1) is 24.8 Å². The monoisotopic (exact) mass is 368 g/mol. The number of H-pyrrole nitrogens is 1. The fraction of sp³-hybridized carbons (Fsp3) is 0.412. The number of halogens is 2. The number of benzene rings is 1. The molecule has 2 fully saturated rings. The van der Waals surface area contributed by atoms with Crippen LogP contribution in [0, 0.1) is 11.3 Å². The zero-order valence-electron chi connectivity index (χ0n) is 13.2. The predicted molar refractivity (Wildman–Crippen MR) is 99.8 cm³/mol. The van der Waals surface area contributed by atoms with Gasteiger partial charge in [0.2, 0.25) is 5.91 Å². The van der Waals surface area contributed by atoms with Crippen molar-refractivity contribution in [3.05, 3.63) is 36.7 Å². The lowest BCUT2D eigenvalue weighted by Gasteiger charge is -2.23. The first-order chi connectivity index (χ1) is 10.8. The number of rotatable bonds is 3. The Morgan fingerprint density at radius 3 is 2.75 bits per heavy atom. The molecule has 1 spiro atoms. The Morgan fingerprint density at radius 1 is 1.25 bits per heavy atom. The van der Waals surface area contributed by atoms with Gasteiger partial charge in [-0.3, -0.25) is 4.79 Å². The van der Waals surface area contributed by atoms with E-state index in [0.717, 1.165) is 49.4 Å². The van der Waals surface area contributed by atoms with Gasteiger partial charge >= 0.3 is 0 Å². The van der Waals surface area contributed by atoms with Crippen molar-refractivity contribution in [2.75, 3.05) is 18.4 Å². The van der Waals surface area contributed by atoms with E-state index in [-0.39, 0.29) is 42.1 Å². The van der Waals surface area contributed by atoms with Crippen LogP contribution in [0.2, 0.25) is 0 Å². The van der Waals surface area contributed by atoms with Crippen molar-refractivity contribution in [3.63, 3.8) is 0 Å². The number of nitrogens with one attached hydrogen (secondary N) is 3. The average molecular weight is 369 g/mol. The van der Waals surface area contributed by atoms with Crippen molar-refractivity contribution < 1.29 is 4.79 Å². The second-order valence-electron chi connectivity index (χ2n) is 6.38. The second kappa shape index (κ2) is 7.55. The van der Waals surface area contributed by atoms with Gasteiger partial charge in [-0.2, -0.15) is 0 Å². The van der Waals surface area contributed by atoms with E-state index in [1.807, 2.05) is 24.3 Å². The molecule has 2 aromatic rings. The molecular formula is C17H22Cl2N4O. The van der Waals surface area contributed by atoms with Crippen molar-refractivity contribution in [1.82, 2.24) is 15.3 Å². The van der Waals surface area contributed by atoms with Crippen LogP contribution in [0.1, 0.15) is 19.3 Å². The first-order valence-corrected chi connectivity index (χ1v) is 7.88. The molecule has 1 saturated heterocycles. The number of amides is 1. The summed E-state index contributed by atoms with van der Waals surface area (Å²) in [5, 5.41) is 6.45. The van der Waals surface area contributed by atoms with Crippen molar-refractivity contribution >= 4 is 36.4 Å². The number of imidazole rings is 1. The van der Waals surface area contributed by atoms with Gasteiger partial charge in [-0.25, -0.2) is 4.98 Å². The van der Waals surface area contributed by atoms with Crippen LogP contribution in [0.5, 0.6) is 0 Å². The maximum absolute atomic E-state index is 12.5. The zero-order chi connectivity index (χ0) is 15.0. The molecule has 1 aliphatic heterocycles. The Bertz CT molecular complexity index is 684. The number of aromatic amines is 1. The molecule has 0 radical (unpaired) electrons. The number of hydrogen-bond donors (Lipinski definition) is 3. The van der Waals surface area contributed by atoms with Crippen molar-refractivity contribution in [2.24, 2.45) is 11.3 Å². The van der Waals surface area contributed by atoms with Crippen LogP contribution in [-0.2, 0) is 4.79 Å². The van der Waals surface area contributed by atoms with Crippen LogP contribution in [0.4, 0.5) is 5.69 Å². The van der Waals surface area contributed by atoms with Crippen LogP contribution in [0.3, 0.4) is 0 Å². The number of nitrogens with zero attached hydrogens (tertiary/aromatic N) is 1. The minimum absolute atomic E-state index is 0. The van der Waals surface area contributed by atoms with Crippen molar-refractivity contribution in [1.29, 1.82) is 0 Å². The number of aromatic nitrogens is 2. The molecule has 1 atom stereocenters. The van der Waals surface area contributed by atoms with E-state index in [2.05, 4.69) is 20.6 Å². The molecule has 3 N–H and O–H groups in total. The summed E-state index contributed by atoms with van der Waals surface area (Å²) >= 11 is 0. The van der Waals surface area contributed by atoms with E-state index in [9.17, 15) is 4.79 Å². The summed E-state index contributed by atoms with van der Waals surface area (Å²) in [5.74, 6) is 1.16. The van der Waals surface area contributed by atoms with Gasteiger partial charge in [0.15, 0.2) is 0 Å². The van der Waals surface area contributed by atoms with Crippen LogP contribution in [0.15, 0.2) is 36.7 Å². The number of hydrogen-bond acceptors (Lipinski definition) is 3. The van der Waals surface area contributed by atoms with E-state index in [0.29, 0.717) is 0 Å². The van der Waals surface area contributed by atoms with Gasteiger partial charge < -0.3 is 15.6 Å². The summed E-state index contributed by atoms with van der Waals surface area (Å²) in [6, 6.07) is 7.83. The van der Waals surface area contributed by atoms with Crippen LogP contribution >= 0.6 is 24.8 Å². The minimum atomic E-state index is 0. The highest BCUT2D eigenvalue weighted by molar-refractivity contribution is 5.95. The standard InChI is InChI=1S/C17H20N4O.2ClH/c22-16(14-11-17(14)4-6-18-7-5-17)21-13-3-1-2-12(10-13)15-19-8-9-20-15;;/h1-3,8-10,14,18H,4-7,11H2,(H,19,20)(H,21,22);2*1H. The first kappa shape index (κ1) is 18.8. The van der Waals surface area contributed by atoms with Gasteiger partial charge in [-0.05, 0) is 49.9 Å². The second-order valence-corrected chi connectivity index (χ2v) is 6.38. The normalized spacial score (nSPS) is 20.6. The third kappa shape index (κ3) is 3.58. The molecule has 1 unspecified atom stereocenters. The molecule has 0 bridgehead atoms. The number of carbonyl (C=O) groups excluding carboxylic acids is 1. The molecule has 2 aliphatic rings. The third-order valence-electron chi connectivity index (χ3n) is 5.01. The van der Waals surface area contributed by atoms with E-state index in [1.54, 1.807) is 12.4 Å². The van der Waals surface area contributed by atoms with Crippen LogP contribution in [0.25, 0.3) is 11.4 Å². The summed E-state index contributed by atoms with van der Waals surface area (Å²) in [6.45, 7) is 2.08. The quantitative estimate of drug-likeness (QED) is 0.778. The molecule has 1 aromatic carbocycles.